The molecule has 88 valence electrons. The molecule has 1 aromatic heterocycles. The molecule has 1 aliphatic heterocycles. The predicted octanol–water partition coefficient (Wildman–Crippen LogP) is -0.758. The average Bonchev–Trinajstić information content (AvgIpc) is 2.79. The molecule has 1 atom stereocenters. The van der Waals surface area contributed by atoms with E-state index in [2.05, 4.69) is 10.4 Å². The Bertz CT molecular complexity index is 339. The van der Waals surface area contributed by atoms with Crippen LogP contribution in [0.2, 0.25) is 0 Å². The summed E-state index contributed by atoms with van der Waals surface area (Å²) in [5.74, 6) is -0.757. The molecule has 1 saturated heterocycles. The number of nitrogens with zero attached hydrogens (tertiary/aromatic N) is 3. The van der Waals surface area contributed by atoms with Gasteiger partial charge >= 0.3 is 5.97 Å². The first-order chi connectivity index (χ1) is 7.77. The quantitative estimate of drug-likeness (QED) is 0.703. The van der Waals surface area contributed by atoms with E-state index in [1.54, 1.807) is 6.20 Å². The van der Waals surface area contributed by atoms with Crippen LogP contribution in [-0.2, 0) is 11.3 Å². The van der Waals surface area contributed by atoms with Crippen molar-refractivity contribution < 1.29 is 9.90 Å². The Labute approximate surface area is 93.9 Å². The summed E-state index contributed by atoms with van der Waals surface area (Å²) in [5.41, 5.74) is 0. The van der Waals surface area contributed by atoms with Gasteiger partial charge in [-0.05, 0) is 6.07 Å². The first-order valence-electron chi connectivity index (χ1n) is 5.42. The fraction of sp³-hybridized carbons (Fsp3) is 0.600. The van der Waals surface area contributed by atoms with Gasteiger partial charge in [-0.2, -0.15) is 5.10 Å². The summed E-state index contributed by atoms with van der Waals surface area (Å²) < 4.78 is 1.82. The zero-order valence-corrected chi connectivity index (χ0v) is 9.04. The molecule has 0 spiro atoms. The standard InChI is InChI=1S/C10H16N4O2/c15-10(16)9-8-11-3-5-13(9)6-7-14-4-1-2-12-14/h1-2,4,9,11H,3,5-8H2,(H,15,16). The maximum Gasteiger partial charge on any atom is 0.322 e. The van der Waals surface area contributed by atoms with Gasteiger partial charge in [0.15, 0.2) is 0 Å². The molecule has 0 bridgehead atoms. The number of carboxylic acids is 1. The van der Waals surface area contributed by atoms with Crippen LogP contribution < -0.4 is 5.32 Å². The summed E-state index contributed by atoms with van der Waals surface area (Å²) in [5, 5.41) is 16.3. The van der Waals surface area contributed by atoms with Gasteiger partial charge in [0.05, 0.1) is 6.54 Å². The largest absolute Gasteiger partial charge is 0.480 e. The third kappa shape index (κ3) is 2.59. The number of carbonyl (C=O) groups is 1. The van der Waals surface area contributed by atoms with Crippen LogP contribution in [0.25, 0.3) is 0 Å². The Morgan fingerprint density at radius 2 is 2.44 bits per heavy atom. The van der Waals surface area contributed by atoms with Gasteiger partial charge in [-0.3, -0.25) is 14.4 Å². The normalized spacial score (nSPS) is 22.1. The van der Waals surface area contributed by atoms with Crippen LogP contribution in [0.15, 0.2) is 18.5 Å². The van der Waals surface area contributed by atoms with Crippen molar-refractivity contribution in [3.05, 3.63) is 18.5 Å². The highest BCUT2D eigenvalue weighted by atomic mass is 16.4. The second-order valence-corrected chi connectivity index (χ2v) is 3.86. The molecule has 16 heavy (non-hydrogen) atoms. The van der Waals surface area contributed by atoms with Crippen LogP contribution in [0, 0.1) is 0 Å². The number of rotatable bonds is 4. The molecule has 1 fully saturated rings. The Morgan fingerprint density at radius 3 is 3.12 bits per heavy atom. The van der Waals surface area contributed by atoms with Gasteiger partial charge in [0.2, 0.25) is 0 Å². The summed E-state index contributed by atoms with van der Waals surface area (Å²) in [6.07, 6.45) is 3.62. The van der Waals surface area contributed by atoms with Gasteiger partial charge in [0, 0.05) is 38.6 Å². The van der Waals surface area contributed by atoms with Crippen LogP contribution in [0.3, 0.4) is 0 Å². The molecule has 0 amide bonds. The highest BCUT2D eigenvalue weighted by Gasteiger charge is 2.27. The third-order valence-electron chi connectivity index (χ3n) is 2.81. The van der Waals surface area contributed by atoms with Crippen molar-refractivity contribution in [1.82, 2.24) is 20.0 Å². The molecule has 6 heteroatoms. The van der Waals surface area contributed by atoms with Crippen molar-refractivity contribution in [1.29, 1.82) is 0 Å². The van der Waals surface area contributed by atoms with Crippen molar-refractivity contribution in [3.63, 3.8) is 0 Å². The third-order valence-corrected chi connectivity index (χ3v) is 2.81. The summed E-state index contributed by atoms with van der Waals surface area (Å²) in [6.45, 7) is 3.60. The van der Waals surface area contributed by atoms with E-state index in [1.807, 2.05) is 21.8 Å². The molecule has 1 aliphatic rings. The molecule has 0 saturated carbocycles. The fourth-order valence-electron chi connectivity index (χ4n) is 1.92. The zero-order valence-electron chi connectivity index (χ0n) is 9.04. The molecule has 1 unspecified atom stereocenters. The van der Waals surface area contributed by atoms with Crippen LogP contribution in [0.4, 0.5) is 0 Å². The van der Waals surface area contributed by atoms with Crippen molar-refractivity contribution in [3.8, 4) is 0 Å². The maximum atomic E-state index is 11.0. The molecule has 0 radical (unpaired) electrons. The van der Waals surface area contributed by atoms with Gasteiger partial charge in [-0.25, -0.2) is 0 Å². The molecule has 6 nitrogen and oxygen atoms in total. The highest BCUT2D eigenvalue weighted by molar-refractivity contribution is 5.73. The van der Waals surface area contributed by atoms with Crippen molar-refractivity contribution in [2.75, 3.05) is 26.2 Å². The Hall–Kier alpha value is -1.40. The van der Waals surface area contributed by atoms with Gasteiger partial charge in [0.25, 0.3) is 0 Å². The topological polar surface area (TPSA) is 70.4 Å². The summed E-state index contributed by atoms with van der Waals surface area (Å²) in [7, 11) is 0. The lowest BCUT2D eigenvalue weighted by atomic mass is 10.2. The predicted molar refractivity (Wildman–Crippen MR) is 58.1 cm³/mol. The smallest absolute Gasteiger partial charge is 0.322 e. The Balaban J connectivity index is 1.89. The lowest BCUT2D eigenvalue weighted by molar-refractivity contribution is -0.144. The molecule has 2 heterocycles. The van der Waals surface area contributed by atoms with E-state index in [1.165, 1.54) is 0 Å². The minimum atomic E-state index is -0.757. The summed E-state index contributed by atoms with van der Waals surface area (Å²) in [6, 6.07) is 1.45. The molecule has 0 aromatic carbocycles. The van der Waals surface area contributed by atoms with Gasteiger partial charge in [0.1, 0.15) is 6.04 Å². The number of aromatic nitrogens is 2. The summed E-state index contributed by atoms with van der Waals surface area (Å²) in [4.78, 5) is 13.0. The summed E-state index contributed by atoms with van der Waals surface area (Å²) >= 11 is 0. The number of hydrogen-bond donors (Lipinski definition) is 2. The second-order valence-electron chi connectivity index (χ2n) is 3.86. The van der Waals surface area contributed by atoms with Gasteiger partial charge < -0.3 is 10.4 Å². The van der Waals surface area contributed by atoms with Crippen LogP contribution in [0.1, 0.15) is 0 Å². The Kier molecular flexibility index (Phi) is 3.53. The van der Waals surface area contributed by atoms with E-state index in [4.69, 9.17) is 5.11 Å². The van der Waals surface area contributed by atoms with E-state index < -0.39 is 12.0 Å². The molecule has 2 N–H and O–H groups in total. The monoisotopic (exact) mass is 224 g/mol. The van der Waals surface area contributed by atoms with Crippen molar-refractivity contribution in [2.24, 2.45) is 0 Å². The lowest BCUT2D eigenvalue weighted by Gasteiger charge is -2.33. The molecule has 1 aromatic rings. The van der Waals surface area contributed by atoms with E-state index in [0.717, 1.165) is 26.2 Å². The van der Waals surface area contributed by atoms with E-state index in [-0.39, 0.29) is 0 Å². The second kappa shape index (κ2) is 5.09. The van der Waals surface area contributed by atoms with Crippen LogP contribution in [0.5, 0.6) is 0 Å². The van der Waals surface area contributed by atoms with Gasteiger partial charge in [-0.1, -0.05) is 0 Å². The highest BCUT2D eigenvalue weighted by Crippen LogP contribution is 2.03. The molecule has 2 rings (SSSR count). The molecular weight excluding hydrogens is 208 g/mol. The van der Waals surface area contributed by atoms with Crippen LogP contribution in [-0.4, -0.2) is 58.0 Å². The maximum absolute atomic E-state index is 11.0. The van der Waals surface area contributed by atoms with E-state index >= 15 is 0 Å². The number of carboxylic acid groups (broad SMARTS) is 1. The number of nitrogens with one attached hydrogen (secondary N) is 1. The SMILES string of the molecule is O=C(O)C1CNCCN1CCn1cccn1. The zero-order chi connectivity index (χ0) is 11.4. The first-order valence-corrected chi connectivity index (χ1v) is 5.42. The molecule has 0 aliphatic carbocycles. The van der Waals surface area contributed by atoms with Crippen molar-refractivity contribution in [2.45, 2.75) is 12.6 Å². The number of hydrogen-bond acceptors (Lipinski definition) is 4. The first kappa shape index (κ1) is 11.1. The number of piperazine rings is 1. The number of aliphatic carboxylic acids is 1. The molecular formula is C10H16N4O2. The minimum absolute atomic E-state index is 0.413. The van der Waals surface area contributed by atoms with Crippen LogP contribution >= 0.6 is 0 Å². The van der Waals surface area contributed by atoms with Crippen molar-refractivity contribution >= 4 is 5.97 Å². The average molecular weight is 224 g/mol. The van der Waals surface area contributed by atoms with E-state index in [9.17, 15) is 4.79 Å². The minimum Gasteiger partial charge on any atom is -0.480 e. The van der Waals surface area contributed by atoms with E-state index in [0.29, 0.717) is 6.54 Å². The fourth-order valence-corrected chi connectivity index (χ4v) is 1.92. The lowest BCUT2D eigenvalue weighted by Crippen LogP contribution is -2.55. The Morgan fingerprint density at radius 1 is 1.56 bits per heavy atom. The van der Waals surface area contributed by atoms with Gasteiger partial charge in [-0.15, -0.1) is 0 Å².